The van der Waals surface area contributed by atoms with Crippen LogP contribution < -0.4 is 0 Å². The van der Waals surface area contributed by atoms with Crippen LogP contribution in [-0.2, 0) is 5.66 Å². The van der Waals surface area contributed by atoms with Crippen LogP contribution in [0, 0.1) is 0 Å². The normalized spacial score (nSPS) is 17.5. The summed E-state index contributed by atoms with van der Waals surface area (Å²) in [6.45, 7) is 0. The molecule has 1 aliphatic heterocycles. The number of rotatable bonds is 2. The van der Waals surface area contributed by atoms with Gasteiger partial charge >= 0.3 is 0 Å². The zero-order valence-corrected chi connectivity index (χ0v) is 7.48. The monoisotopic (exact) mass is 190 g/mol. The van der Waals surface area contributed by atoms with Gasteiger partial charge in [0.1, 0.15) is 0 Å². The van der Waals surface area contributed by atoms with Crippen LogP contribution in [0.15, 0.2) is 51.0 Å². The molecule has 0 bridgehead atoms. The second-order valence-electron chi connectivity index (χ2n) is 2.59. The molecule has 2 rings (SSSR count). The average molecular weight is 190 g/mol. The summed E-state index contributed by atoms with van der Waals surface area (Å²) in [4.78, 5) is 0. The molecule has 64 valence electrons. The first-order chi connectivity index (χ1) is 6.37. The minimum atomic E-state index is -0.864. The van der Waals surface area contributed by atoms with E-state index < -0.39 is 5.66 Å². The second-order valence-corrected chi connectivity index (χ2v) is 2.82. The van der Waals surface area contributed by atoms with Crippen molar-refractivity contribution in [2.75, 3.05) is 0 Å². The lowest BCUT2D eigenvalue weighted by Gasteiger charge is -2.13. The van der Waals surface area contributed by atoms with Crippen LogP contribution in [0.5, 0.6) is 0 Å². The number of hydrogen-bond donors (Lipinski definition) is 0. The Balaban J connectivity index is 2.50. The maximum Gasteiger partial charge on any atom is 0.248 e. The van der Waals surface area contributed by atoms with Crippen LogP contribution in [0.4, 0.5) is 0 Å². The summed E-state index contributed by atoms with van der Waals surface area (Å²) < 4.78 is 0. The van der Waals surface area contributed by atoms with E-state index in [1.807, 2.05) is 30.3 Å². The summed E-state index contributed by atoms with van der Waals surface area (Å²) >= 11 is 4.87. The molecule has 13 heavy (non-hydrogen) atoms. The third-order valence-electron chi connectivity index (χ3n) is 1.80. The first kappa shape index (κ1) is 8.12. The van der Waals surface area contributed by atoms with E-state index in [0.717, 1.165) is 5.56 Å². The van der Waals surface area contributed by atoms with Crippen molar-refractivity contribution in [3.05, 3.63) is 35.9 Å². The van der Waals surface area contributed by atoms with Crippen molar-refractivity contribution >= 4 is 17.6 Å². The maximum absolute atomic E-state index is 4.87. The van der Waals surface area contributed by atoms with Gasteiger partial charge in [0.15, 0.2) is 0 Å². The molecule has 0 amide bonds. The van der Waals surface area contributed by atoms with E-state index >= 15 is 0 Å². The SMILES string of the molecule is S=CC1(c2ccccc2)N=NN=N1. The second kappa shape index (κ2) is 3.10. The lowest BCUT2D eigenvalue weighted by molar-refractivity contribution is 0.654. The molecule has 0 radical (unpaired) electrons. The van der Waals surface area contributed by atoms with E-state index in [-0.39, 0.29) is 0 Å². The summed E-state index contributed by atoms with van der Waals surface area (Å²) in [5, 5.41) is 16.2. The largest absolute Gasteiger partial charge is 0.248 e. The molecule has 0 saturated heterocycles. The fourth-order valence-electron chi connectivity index (χ4n) is 1.11. The van der Waals surface area contributed by atoms with Gasteiger partial charge in [0.25, 0.3) is 0 Å². The van der Waals surface area contributed by atoms with Gasteiger partial charge in [-0.3, -0.25) is 0 Å². The molecular formula is C8H6N4S. The Morgan fingerprint density at radius 3 is 2.23 bits per heavy atom. The summed E-state index contributed by atoms with van der Waals surface area (Å²) in [6, 6.07) is 9.51. The zero-order chi connectivity index (χ0) is 9.15. The highest BCUT2D eigenvalue weighted by molar-refractivity contribution is 7.79. The highest BCUT2D eigenvalue weighted by Gasteiger charge is 2.32. The number of thiocarbonyl (C=S) groups is 1. The molecule has 1 aliphatic rings. The Labute approximate surface area is 80.4 Å². The fraction of sp³-hybridized carbons (Fsp3) is 0.125. The molecular weight excluding hydrogens is 184 g/mol. The van der Waals surface area contributed by atoms with Crippen molar-refractivity contribution in [3.63, 3.8) is 0 Å². The fourth-order valence-corrected chi connectivity index (χ4v) is 1.34. The molecule has 1 heterocycles. The molecule has 0 spiro atoms. The molecule has 0 fully saturated rings. The van der Waals surface area contributed by atoms with Gasteiger partial charge in [-0.1, -0.05) is 42.5 Å². The van der Waals surface area contributed by atoms with Crippen molar-refractivity contribution in [1.29, 1.82) is 0 Å². The van der Waals surface area contributed by atoms with E-state index in [1.165, 1.54) is 5.37 Å². The third kappa shape index (κ3) is 1.27. The quantitative estimate of drug-likeness (QED) is 0.661. The first-order valence-electron chi connectivity index (χ1n) is 3.73. The topological polar surface area (TPSA) is 49.4 Å². The minimum Gasteiger partial charge on any atom is -0.124 e. The van der Waals surface area contributed by atoms with E-state index in [9.17, 15) is 0 Å². The predicted molar refractivity (Wildman–Crippen MR) is 51.5 cm³/mol. The van der Waals surface area contributed by atoms with Gasteiger partial charge in [0.2, 0.25) is 5.66 Å². The number of benzene rings is 1. The van der Waals surface area contributed by atoms with Crippen LogP contribution in [0.25, 0.3) is 0 Å². The molecule has 1 aromatic rings. The highest BCUT2D eigenvalue weighted by atomic mass is 32.1. The first-order valence-corrected chi connectivity index (χ1v) is 4.20. The minimum absolute atomic E-state index is 0.864. The van der Waals surface area contributed by atoms with Crippen molar-refractivity contribution in [2.24, 2.45) is 20.7 Å². The summed E-state index contributed by atoms with van der Waals surface area (Å²) in [5.41, 5.74) is 0.0198. The van der Waals surface area contributed by atoms with Gasteiger partial charge in [-0.05, 0) is 10.4 Å². The van der Waals surface area contributed by atoms with Gasteiger partial charge in [0, 0.05) is 10.9 Å². The molecule has 0 unspecified atom stereocenters. The smallest absolute Gasteiger partial charge is 0.124 e. The summed E-state index contributed by atoms with van der Waals surface area (Å²) in [6.07, 6.45) is 0. The van der Waals surface area contributed by atoms with E-state index in [4.69, 9.17) is 12.2 Å². The van der Waals surface area contributed by atoms with Gasteiger partial charge < -0.3 is 0 Å². The number of nitrogens with zero attached hydrogens (tertiary/aromatic N) is 4. The summed E-state index contributed by atoms with van der Waals surface area (Å²) in [5.74, 6) is 0. The van der Waals surface area contributed by atoms with Crippen LogP contribution in [0.3, 0.4) is 0 Å². The lowest BCUT2D eigenvalue weighted by atomic mass is 10.0. The highest BCUT2D eigenvalue weighted by Crippen LogP contribution is 2.30. The van der Waals surface area contributed by atoms with Crippen LogP contribution in [0.2, 0.25) is 0 Å². The van der Waals surface area contributed by atoms with Gasteiger partial charge in [-0.2, -0.15) is 0 Å². The molecule has 0 atom stereocenters. The number of hydrogen-bond acceptors (Lipinski definition) is 5. The third-order valence-corrected chi connectivity index (χ3v) is 2.13. The summed E-state index contributed by atoms with van der Waals surface area (Å²) in [7, 11) is 0. The van der Waals surface area contributed by atoms with Gasteiger partial charge in [-0.15, -0.1) is 10.2 Å². The molecule has 0 N–H and O–H groups in total. The standard InChI is InChI=1S/C8H6N4S/c13-6-8(9-11-12-10-8)7-4-2-1-3-5-7/h1-6H. The van der Waals surface area contributed by atoms with Crippen LogP contribution in [-0.4, -0.2) is 5.37 Å². The Morgan fingerprint density at radius 1 is 1.08 bits per heavy atom. The van der Waals surface area contributed by atoms with Gasteiger partial charge in [0.05, 0.1) is 0 Å². The Kier molecular flexibility index (Phi) is 1.94. The lowest BCUT2D eigenvalue weighted by Crippen LogP contribution is -2.18. The molecule has 0 saturated carbocycles. The van der Waals surface area contributed by atoms with E-state index in [1.54, 1.807) is 0 Å². The average Bonchev–Trinajstić information content (AvgIpc) is 2.69. The molecule has 0 aromatic heterocycles. The van der Waals surface area contributed by atoms with E-state index in [0.29, 0.717) is 0 Å². The van der Waals surface area contributed by atoms with Crippen molar-refractivity contribution in [1.82, 2.24) is 0 Å². The van der Waals surface area contributed by atoms with Crippen molar-refractivity contribution < 1.29 is 0 Å². The molecule has 0 aliphatic carbocycles. The van der Waals surface area contributed by atoms with Crippen molar-refractivity contribution in [3.8, 4) is 0 Å². The predicted octanol–water partition coefficient (Wildman–Crippen LogP) is 2.67. The zero-order valence-electron chi connectivity index (χ0n) is 6.66. The molecule has 1 aromatic carbocycles. The Bertz CT molecular complexity index is 359. The van der Waals surface area contributed by atoms with E-state index in [2.05, 4.69) is 20.7 Å². The molecule has 5 heteroatoms. The van der Waals surface area contributed by atoms with Crippen molar-refractivity contribution in [2.45, 2.75) is 5.66 Å². The Morgan fingerprint density at radius 2 is 1.69 bits per heavy atom. The molecule has 4 nitrogen and oxygen atoms in total. The van der Waals surface area contributed by atoms with Gasteiger partial charge in [-0.25, -0.2) is 0 Å². The van der Waals surface area contributed by atoms with Crippen LogP contribution >= 0.6 is 12.2 Å². The Hall–Kier alpha value is -1.49. The maximum atomic E-state index is 4.87. The van der Waals surface area contributed by atoms with Crippen LogP contribution in [0.1, 0.15) is 5.56 Å².